The van der Waals surface area contributed by atoms with Gasteiger partial charge in [-0.25, -0.2) is 15.1 Å². The normalized spacial score (nSPS) is 12.3. The molecule has 9 N–H and O–H groups in total. The highest BCUT2D eigenvalue weighted by Crippen LogP contribution is 2.14. The number of carbonyl (C=O) groups excluding carboxylic acids is 6. The largest absolute Gasteiger partial charge is 0.481 e. The predicted molar refractivity (Wildman–Crippen MR) is 258 cm³/mol. The number of hydroxylamine groups is 1. The zero-order valence-electron chi connectivity index (χ0n) is 40.8. The minimum absolute atomic E-state index is 0.0191. The van der Waals surface area contributed by atoms with Crippen molar-refractivity contribution in [2.45, 2.75) is 173 Å². The van der Waals surface area contributed by atoms with Gasteiger partial charge in [0.25, 0.3) is 0 Å². The number of hydrogen-bond donors (Lipinski definition) is 9. The summed E-state index contributed by atoms with van der Waals surface area (Å²) in [6, 6.07) is -2.97. The Morgan fingerprint density at radius 3 is 1.39 bits per heavy atom. The summed E-state index contributed by atoms with van der Waals surface area (Å²) in [6.07, 6.45) is 15.8. The Labute approximate surface area is 409 Å². The lowest BCUT2D eigenvalue weighted by Gasteiger charge is -2.17. The summed E-state index contributed by atoms with van der Waals surface area (Å²) in [4.78, 5) is 111. The topological polar surface area (TPSA) is 323 Å². The molecule has 69 heavy (non-hydrogen) atoms. The average molecular weight is 1010 g/mol. The summed E-state index contributed by atoms with van der Waals surface area (Å²) in [5.41, 5.74) is 2.14. The molecule has 0 fully saturated rings. The third-order valence-electron chi connectivity index (χ3n) is 10.6. The van der Waals surface area contributed by atoms with E-state index in [1.807, 2.05) is 6.92 Å². The van der Waals surface area contributed by atoms with Gasteiger partial charge in [0.15, 0.2) is 5.52 Å². The summed E-state index contributed by atoms with van der Waals surface area (Å²) in [5.74, 6) is -6.00. The van der Waals surface area contributed by atoms with Gasteiger partial charge in [-0.05, 0) is 51.5 Å². The number of aliphatic carboxylic acids is 3. The molecule has 0 aromatic rings. The number of hydrogen-bond acceptors (Lipinski definition) is 14. The van der Waals surface area contributed by atoms with Crippen LogP contribution in [0.3, 0.4) is 0 Å². The van der Waals surface area contributed by atoms with Crippen LogP contribution < -0.4 is 32.1 Å². The van der Waals surface area contributed by atoms with Crippen molar-refractivity contribution in [2.75, 3.05) is 65.9 Å². The van der Waals surface area contributed by atoms with Gasteiger partial charge in [0.1, 0.15) is 25.3 Å². The van der Waals surface area contributed by atoms with Crippen molar-refractivity contribution >= 4 is 62.2 Å². The zero-order valence-corrected chi connectivity index (χ0v) is 41.9. The van der Waals surface area contributed by atoms with E-state index in [1.54, 1.807) is 0 Å². The molecule has 0 aliphatic carbocycles. The Kier molecular flexibility index (Phi) is 42.0. The average Bonchev–Trinajstić information content (AvgIpc) is 3.29. The van der Waals surface area contributed by atoms with Gasteiger partial charge in [-0.15, -0.1) is 0 Å². The Bertz CT molecular complexity index is 1480. The van der Waals surface area contributed by atoms with E-state index in [1.165, 1.54) is 25.7 Å². The lowest BCUT2D eigenvalue weighted by molar-refractivity contribution is -0.144. The monoisotopic (exact) mass is 1010 g/mol. The van der Waals surface area contributed by atoms with Crippen LogP contribution in [0.2, 0.25) is 0 Å². The number of carboxylic acids is 3. The van der Waals surface area contributed by atoms with E-state index >= 15 is 0 Å². The van der Waals surface area contributed by atoms with Crippen LogP contribution in [0.25, 0.3) is 0 Å². The van der Waals surface area contributed by atoms with Crippen LogP contribution in [0, 0.1) is 0 Å². The van der Waals surface area contributed by atoms with Crippen molar-refractivity contribution in [3.05, 3.63) is 0 Å². The fraction of sp³-hybridized carbons (Fsp3) is 0.804. The van der Waals surface area contributed by atoms with Gasteiger partial charge in [0, 0.05) is 38.8 Å². The van der Waals surface area contributed by atoms with Gasteiger partial charge in [0.2, 0.25) is 29.5 Å². The first-order valence-electron chi connectivity index (χ1n) is 24.6. The quantitative estimate of drug-likeness (QED) is 0.0240. The van der Waals surface area contributed by atoms with Crippen molar-refractivity contribution in [2.24, 2.45) is 0 Å². The fourth-order valence-corrected chi connectivity index (χ4v) is 7.06. The molecule has 0 aromatic heterocycles. The maximum absolute atomic E-state index is 12.5. The van der Waals surface area contributed by atoms with Gasteiger partial charge < -0.3 is 56.1 Å². The lowest BCUT2D eigenvalue weighted by atomic mass is 10.0. The minimum atomic E-state index is -1.44. The van der Waals surface area contributed by atoms with Gasteiger partial charge >= 0.3 is 17.9 Å². The van der Waals surface area contributed by atoms with Gasteiger partial charge in [0.05, 0.1) is 39.1 Å². The van der Waals surface area contributed by atoms with Crippen molar-refractivity contribution in [3.63, 3.8) is 0 Å². The Morgan fingerprint density at radius 2 is 0.899 bits per heavy atom. The van der Waals surface area contributed by atoms with E-state index in [4.69, 9.17) is 24.2 Å². The van der Waals surface area contributed by atoms with Crippen LogP contribution in [0.5, 0.6) is 0 Å². The molecule has 0 heterocycles. The van der Waals surface area contributed by atoms with Crippen LogP contribution >= 0.6 is 9.24 Å². The molecule has 0 radical (unpaired) electrons. The maximum Gasteiger partial charge on any atom is 0.326 e. The van der Waals surface area contributed by atoms with E-state index in [0.717, 1.165) is 70.6 Å². The molecule has 0 saturated heterocycles. The van der Waals surface area contributed by atoms with E-state index in [9.17, 15) is 53.4 Å². The van der Waals surface area contributed by atoms with Crippen molar-refractivity contribution in [1.29, 1.82) is 0 Å². The van der Waals surface area contributed by atoms with Gasteiger partial charge in [-0.2, -0.15) is 0 Å². The number of unbranched alkanes of at least 4 members (excludes halogenated alkanes) is 14. The second-order valence-electron chi connectivity index (χ2n) is 16.6. The zero-order chi connectivity index (χ0) is 51.3. The Balaban J connectivity index is 3.96. The maximum atomic E-state index is 12.5. The Morgan fingerprint density at radius 1 is 0.449 bits per heavy atom. The smallest absolute Gasteiger partial charge is 0.326 e. The number of nitrogens with one attached hydrogen (secondary N) is 6. The summed E-state index contributed by atoms with van der Waals surface area (Å²) in [5, 5.41) is 41.0. The van der Waals surface area contributed by atoms with Crippen molar-refractivity contribution in [1.82, 2.24) is 32.1 Å². The predicted octanol–water partition coefficient (Wildman–Crippen LogP) is 2.89. The molecular weight excluding hydrogens is 924 g/mol. The molecule has 0 saturated carbocycles. The first-order chi connectivity index (χ1) is 33.2. The minimum Gasteiger partial charge on any atom is -0.481 e. The number of amides is 5. The van der Waals surface area contributed by atoms with Crippen molar-refractivity contribution < 1.29 is 77.5 Å². The van der Waals surface area contributed by atoms with E-state index in [0.29, 0.717) is 25.9 Å². The molecule has 22 nitrogen and oxygen atoms in total. The number of ether oxygens (including phenoxy) is 3. The second kappa shape index (κ2) is 44.8. The molecule has 0 rings (SSSR count). The SMILES string of the molecule is CCN[C@@H](CCCCNC(=O)COCCOCCNC(=O)COCCONC(=O)CC[C@H](NC(=O)CC[C@H](NC(=O)CCCCCCCCCCCCCCCCC(=O)O)C(=O)O)C(=O)O)C(=O)P. The third kappa shape index (κ3) is 42.3. The number of likely N-dealkylation sites (N-methyl/N-ethyl adjacent to an activating group) is 1. The highest BCUT2D eigenvalue weighted by molar-refractivity contribution is 7.40. The Hall–Kier alpha value is -4.34. The van der Waals surface area contributed by atoms with Crippen molar-refractivity contribution in [3.8, 4) is 0 Å². The molecule has 0 aliphatic heterocycles. The second-order valence-corrected chi connectivity index (χ2v) is 17.2. The standard InChI is InChI=1S/C46H83N6O16P/c1-2-47-37(46(64)69)19-17-18-26-48-41(56)33-66-30-29-65-28-27-49-42(57)34-67-31-32-68-52-40(55)25-23-36(45(62)63)51-39(54)24-22-35(44(60)61)50-38(53)20-15-13-11-9-7-5-3-4-6-8-10-12-14-16-21-43(58)59/h35-37,47H,2-34,69H2,1H3,(H,48,56)(H,49,57)(H,50,53)(H,51,54)(H,52,55)(H,58,59)(H,60,61)(H,62,63)/t35-,36-,37-/m0/s1. The molecule has 0 bridgehead atoms. The first kappa shape index (κ1) is 64.7. The van der Waals surface area contributed by atoms with Crippen LogP contribution in [0.4, 0.5) is 0 Å². The molecule has 0 spiro atoms. The fourth-order valence-electron chi connectivity index (χ4n) is 6.77. The number of carbonyl (C=O) groups is 9. The molecule has 0 aromatic carbocycles. The highest BCUT2D eigenvalue weighted by Gasteiger charge is 2.24. The molecule has 398 valence electrons. The summed E-state index contributed by atoms with van der Waals surface area (Å²) in [6.45, 7) is 3.37. The third-order valence-corrected chi connectivity index (χ3v) is 11.0. The van der Waals surface area contributed by atoms with E-state index < -0.39 is 53.6 Å². The molecular formula is C46H83N6O16P. The summed E-state index contributed by atoms with van der Waals surface area (Å²) >= 11 is 0. The molecule has 4 atom stereocenters. The molecule has 23 heteroatoms. The number of carboxylic acid groups (broad SMARTS) is 3. The first-order valence-corrected chi connectivity index (χ1v) is 25.2. The van der Waals surface area contributed by atoms with E-state index in [2.05, 4.69) is 41.3 Å². The van der Waals surface area contributed by atoms with Gasteiger partial charge in [-0.1, -0.05) is 93.2 Å². The summed E-state index contributed by atoms with van der Waals surface area (Å²) < 4.78 is 15.8. The molecule has 0 aliphatic rings. The van der Waals surface area contributed by atoms with Crippen LogP contribution in [-0.2, 0) is 62.2 Å². The van der Waals surface area contributed by atoms with Crippen LogP contribution in [0.1, 0.15) is 155 Å². The van der Waals surface area contributed by atoms with Crippen LogP contribution in [-0.4, -0.2) is 152 Å². The molecule has 5 amide bonds. The van der Waals surface area contributed by atoms with E-state index in [-0.39, 0.29) is 109 Å². The van der Waals surface area contributed by atoms with Crippen LogP contribution in [0.15, 0.2) is 0 Å². The number of rotatable bonds is 49. The highest BCUT2D eigenvalue weighted by atomic mass is 31.0. The molecule has 1 unspecified atom stereocenters. The van der Waals surface area contributed by atoms with Gasteiger partial charge in [-0.3, -0.25) is 38.4 Å². The summed E-state index contributed by atoms with van der Waals surface area (Å²) in [7, 11) is 2.19. The lowest BCUT2D eigenvalue weighted by Crippen LogP contribution is -2.44.